The molecule has 10 nitrogen and oxygen atoms in total. The van der Waals surface area contributed by atoms with Gasteiger partial charge in [-0.15, -0.1) is 0 Å². The summed E-state index contributed by atoms with van der Waals surface area (Å²) < 4.78 is 50.7. The van der Waals surface area contributed by atoms with Crippen LogP contribution in [-0.2, 0) is 9.84 Å². The second-order valence-corrected chi connectivity index (χ2v) is 15.7. The van der Waals surface area contributed by atoms with E-state index in [2.05, 4.69) is 0 Å². The monoisotopic (exact) mass is 778 g/mol. The Morgan fingerprint density at radius 1 is 0.474 bits per heavy atom. The molecule has 8 rings (SSSR count). The van der Waals surface area contributed by atoms with Crippen molar-refractivity contribution in [2.24, 2.45) is 10.2 Å². The predicted octanol–water partition coefficient (Wildman–Crippen LogP) is 9.27. The SMILES string of the molecule is COc1ccc(C2=NN(c3cccc(S(=O)(=O)c4cccc(N5N=C(c6ccc(OC)cc6)CC5c5ccc(OC)cc5)c4)c3)C(c3ccc(OC)cc3)C2)cc1. The Kier molecular flexibility index (Phi) is 10.4. The number of hydrogen-bond acceptors (Lipinski definition) is 10. The molecule has 0 fully saturated rings. The fraction of sp³-hybridized carbons (Fsp3) is 0.174. The number of nitrogens with zero attached hydrogens (tertiary/aromatic N) is 4. The molecular weight excluding hydrogens is 737 g/mol. The largest absolute Gasteiger partial charge is 0.497 e. The summed E-state index contributed by atoms with van der Waals surface area (Å²) >= 11 is 0. The van der Waals surface area contributed by atoms with Crippen LogP contribution >= 0.6 is 0 Å². The van der Waals surface area contributed by atoms with Gasteiger partial charge < -0.3 is 18.9 Å². The lowest BCUT2D eigenvalue weighted by Gasteiger charge is -2.25. The molecule has 2 unspecified atom stereocenters. The van der Waals surface area contributed by atoms with E-state index in [1.165, 1.54) is 0 Å². The molecule has 2 aliphatic rings. The van der Waals surface area contributed by atoms with Crippen LogP contribution in [0.4, 0.5) is 11.4 Å². The van der Waals surface area contributed by atoms with E-state index in [0.29, 0.717) is 24.2 Å². The van der Waals surface area contributed by atoms with Crippen LogP contribution in [0.3, 0.4) is 0 Å². The first-order valence-corrected chi connectivity index (χ1v) is 20.0. The first-order chi connectivity index (χ1) is 27.8. The lowest BCUT2D eigenvalue weighted by Crippen LogP contribution is -2.19. The summed E-state index contributed by atoms with van der Waals surface area (Å²) in [6, 6.07) is 45.0. The van der Waals surface area contributed by atoms with Crippen molar-refractivity contribution in [2.45, 2.75) is 34.7 Å². The molecule has 0 bridgehead atoms. The highest BCUT2D eigenvalue weighted by Gasteiger charge is 2.33. The summed E-state index contributed by atoms with van der Waals surface area (Å²) in [4.78, 5) is 0.323. The van der Waals surface area contributed by atoms with Crippen molar-refractivity contribution in [2.75, 3.05) is 38.5 Å². The summed E-state index contributed by atoms with van der Waals surface area (Å²) in [6.45, 7) is 0. The number of ether oxygens (including phenoxy) is 4. The Bertz CT molecular complexity index is 2370. The van der Waals surface area contributed by atoms with Gasteiger partial charge in [-0.25, -0.2) is 8.42 Å². The van der Waals surface area contributed by atoms with Gasteiger partial charge in [-0.05, 0) is 131 Å². The lowest BCUT2D eigenvalue weighted by molar-refractivity contribution is 0.414. The first kappa shape index (κ1) is 37.3. The molecule has 2 aliphatic heterocycles. The van der Waals surface area contributed by atoms with Crippen LogP contribution in [0.25, 0.3) is 0 Å². The van der Waals surface area contributed by atoms with E-state index in [-0.39, 0.29) is 21.9 Å². The van der Waals surface area contributed by atoms with Crippen molar-refractivity contribution in [1.82, 2.24) is 0 Å². The van der Waals surface area contributed by atoms with Gasteiger partial charge in [0, 0.05) is 12.8 Å². The molecule has 0 spiro atoms. The fourth-order valence-corrected chi connectivity index (χ4v) is 8.65. The van der Waals surface area contributed by atoms with E-state index >= 15 is 0 Å². The van der Waals surface area contributed by atoms with Gasteiger partial charge in [-0.3, -0.25) is 10.0 Å². The molecule has 2 heterocycles. The van der Waals surface area contributed by atoms with Crippen molar-refractivity contribution in [3.8, 4) is 23.0 Å². The number of rotatable bonds is 12. The highest BCUT2D eigenvalue weighted by atomic mass is 32.2. The van der Waals surface area contributed by atoms with Crippen molar-refractivity contribution in [3.63, 3.8) is 0 Å². The van der Waals surface area contributed by atoms with Gasteiger partial charge in [0.25, 0.3) is 0 Å². The van der Waals surface area contributed by atoms with Crippen LogP contribution in [0.2, 0.25) is 0 Å². The third-order valence-corrected chi connectivity index (χ3v) is 12.2. The molecule has 57 heavy (non-hydrogen) atoms. The molecule has 0 aliphatic carbocycles. The van der Waals surface area contributed by atoms with Gasteiger partial charge in [0.1, 0.15) is 23.0 Å². The molecule has 11 heteroatoms. The highest BCUT2D eigenvalue weighted by Crippen LogP contribution is 2.41. The maximum absolute atomic E-state index is 14.5. The zero-order valence-electron chi connectivity index (χ0n) is 32.1. The second kappa shape index (κ2) is 15.9. The summed E-state index contributed by atoms with van der Waals surface area (Å²) in [6.07, 6.45) is 1.23. The van der Waals surface area contributed by atoms with Crippen molar-refractivity contribution in [1.29, 1.82) is 0 Å². The van der Waals surface area contributed by atoms with Crippen LogP contribution in [0.15, 0.2) is 166 Å². The fourth-order valence-electron chi connectivity index (χ4n) is 7.31. The van der Waals surface area contributed by atoms with E-state index in [4.69, 9.17) is 29.2 Å². The van der Waals surface area contributed by atoms with E-state index in [1.54, 1.807) is 64.8 Å². The average Bonchev–Trinajstić information content (AvgIpc) is 3.93. The zero-order valence-corrected chi connectivity index (χ0v) is 32.9. The van der Waals surface area contributed by atoms with Crippen molar-refractivity contribution >= 4 is 32.6 Å². The van der Waals surface area contributed by atoms with Gasteiger partial charge in [-0.2, -0.15) is 10.2 Å². The highest BCUT2D eigenvalue weighted by molar-refractivity contribution is 7.91. The van der Waals surface area contributed by atoms with Gasteiger partial charge in [0.2, 0.25) is 9.84 Å². The third-order valence-electron chi connectivity index (χ3n) is 10.5. The lowest BCUT2D eigenvalue weighted by atomic mass is 9.98. The summed E-state index contributed by atoms with van der Waals surface area (Å²) in [5, 5.41) is 14.0. The van der Waals surface area contributed by atoms with Gasteiger partial charge in [0.05, 0.1) is 73.1 Å². The molecule has 6 aromatic carbocycles. The molecule has 0 N–H and O–H groups in total. The topological polar surface area (TPSA) is 102 Å². The van der Waals surface area contributed by atoms with Crippen LogP contribution in [0.5, 0.6) is 23.0 Å². The Labute approximate surface area is 333 Å². The first-order valence-electron chi connectivity index (χ1n) is 18.5. The van der Waals surface area contributed by atoms with Gasteiger partial charge in [0.15, 0.2) is 0 Å². The van der Waals surface area contributed by atoms with Crippen LogP contribution < -0.4 is 29.0 Å². The Morgan fingerprint density at radius 2 is 0.807 bits per heavy atom. The third kappa shape index (κ3) is 7.53. The Balaban J connectivity index is 1.14. The molecular formula is C46H42N4O6S. The van der Waals surface area contributed by atoms with Gasteiger partial charge >= 0.3 is 0 Å². The Hall–Kier alpha value is -6.59. The van der Waals surface area contributed by atoms with E-state index < -0.39 is 9.84 Å². The summed E-state index contributed by atoms with van der Waals surface area (Å²) in [7, 11) is 2.57. The molecule has 2 atom stereocenters. The minimum atomic E-state index is -3.98. The standard InChI is InChI=1S/C46H42N4O6S/c1-53-37-19-11-31(12-20-37)43-29-45(33-15-23-39(55-3)24-16-33)49(47-43)35-7-5-9-41(27-35)57(51,52)42-10-6-8-36(28-42)50-46(34-17-25-40(56-4)26-18-34)30-44(48-50)32-13-21-38(54-2)22-14-32/h5-28,45-46H,29-30H2,1-4H3. The second-order valence-electron chi connectivity index (χ2n) is 13.7. The average molecular weight is 779 g/mol. The van der Waals surface area contributed by atoms with E-state index in [0.717, 1.165) is 56.7 Å². The number of hydrazone groups is 2. The van der Waals surface area contributed by atoms with Crippen molar-refractivity contribution < 1.29 is 27.4 Å². The molecule has 288 valence electrons. The van der Waals surface area contributed by atoms with Crippen molar-refractivity contribution in [3.05, 3.63) is 168 Å². The summed E-state index contributed by atoms with van der Waals surface area (Å²) in [5.41, 5.74) is 7.05. The molecule has 0 saturated heterocycles. The van der Waals surface area contributed by atoms with Crippen LogP contribution in [0.1, 0.15) is 47.2 Å². The molecule has 0 saturated carbocycles. The molecule has 0 aromatic heterocycles. The summed E-state index contributed by atoms with van der Waals surface area (Å²) in [5.74, 6) is 3.02. The maximum atomic E-state index is 14.5. The maximum Gasteiger partial charge on any atom is 0.206 e. The van der Waals surface area contributed by atoms with Crippen LogP contribution in [0, 0.1) is 0 Å². The molecule has 6 aromatic rings. The molecule has 0 radical (unpaired) electrons. The normalized spacial score (nSPS) is 16.6. The number of sulfone groups is 1. The van der Waals surface area contributed by atoms with Crippen LogP contribution in [-0.4, -0.2) is 48.3 Å². The van der Waals surface area contributed by atoms with E-state index in [1.807, 2.05) is 119 Å². The van der Waals surface area contributed by atoms with E-state index in [9.17, 15) is 8.42 Å². The zero-order chi connectivity index (χ0) is 39.5. The number of benzene rings is 6. The number of anilines is 2. The number of hydrogen-bond donors (Lipinski definition) is 0. The smallest absolute Gasteiger partial charge is 0.206 e. The number of methoxy groups -OCH3 is 4. The van der Waals surface area contributed by atoms with Gasteiger partial charge in [-0.1, -0.05) is 36.4 Å². The quantitative estimate of drug-likeness (QED) is 0.121. The molecule has 0 amide bonds. The predicted molar refractivity (Wildman–Crippen MR) is 223 cm³/mol. The Morgan fingerprint density at radius 3 is 1.14 bits per heavy atom. The minimum absolute atomic E-state index is 0.161. The minimum Gasteiger partial charge on any atom is -0.497 e.